The number of methoxy groups -OCH3 is 1. The van der Waals surface area contributed by atoms with Crippen LogP contribution >= 0.6 is 11.3 Å². The van der Waals surface area contributed by atoms with Crippen molar-refractivity contribution in [1.29, 1.82) is 0 Å². The minimum absolute atomic E-state index is 0.272. The molecule has 1 fully saturated rings. The number of fused-ring (bicyclic) bond motifs is 1. The van der Waals surface area contributed by atoms with E-state index < -0.39 is 0 Å². The minimum Gasteiger partial charge on any atom is -0.508 e. The fraction of sp³-hybridized carbons (Fsp3) is 0.286. The van der Waals surface area contributed by atoms with Crippen LogP contribution in [0.15, 0.2) is 66.7 Å². The van der Waals surface area contributed by atoms with Gasteiger partial charge in [-0.1, -0.05) is 18.6 Å². The molecule has 2 heterocycles. The van der Waals surface area contributed by atoms with Crippen LogP contribution in [-0.2, 0) is 0 Å². The molecule has 0 bridgehead atoms. The Kier molecular flexibility index (Phi) is 6.51. The third-order valence-corrected chi connectivity index (χ3v) is 7.50. The Balaban J connectivity index is 1.42. The summed E-state index contributed by atoms with van der Waals surface area (Å²) in [6.07, 6.45) is 3.96. The fourth-order valence-electron chi connectivity index (χ4n) is 4.50. The number of benzene rings is 3. The zero-order valence-corrected chi connectivity index (χ0v) is 19.7. The predicted molar refractivity (Wildman–Crippen MR) is 137 cm³/mol. The summed E-state index contributed by atoms with van der Waals surface area (Å²) >= 11 is 1.74. The van der Waals surface area contributed by atoms with E-state index in [2.05, 4.69) is 41.3 Å². The second-order valence-electron chi connectivity index (χ2n) is 8.49. The van der Waals surface area contributed by atoms with Crippen LogP contribution in [0, 0.1) is 0 Å². The normalized spacial score (nSPS) is 14.5. The molecule has 0 amide bonds. The maximum absolute atomic E-state index is 9.75. The molecule has 0 atom stereocenters. The van der Waals surface area contributed by atoms with Crippen LogP contribution in [0.1, 0.15) is 19.3 Å². The van der Waals surface area contributed by atoms with Crippen molar-refractivity contribution in [3.8, 4) is 38.8 Å². The molecule has 0 unspecified atom stereocenters. The summed E-state index contributed by atoms with van der Waals surface area (Å²) in [4.78, 5) is 3.67. The zero-order chi connectivity index (χ0) is 22.6. The highest BCUT2D eigenvalue weighted by Crippen LogP contribution is 2.46. The Morgan fingerprint density at radius 1 is 0.848 bits per heavy atom. The maximum atomic E-state index is 9.75. The molecule has 5 heteroatoms. The summed E-state index contributed by atoms with van der Waals surface area (Å²) in [5, 5.41) is 10.9. The molecule has 0 aliphatic carbocycles. The van der Waals surface area contributed by atoms with Crippen molar-refractivity contribution < 1.29 is 14.6 Å². The van der Waals surface area contributed by atoms with E-state index in [9.17, 15) is 5.11 Å². The number of aromatic hydroxyl groups is 1. The molecule has 1 N–H and O–H groups in total. The number of thiophene rings is 1. The molecule has 3 aromatic carbocycles. The van der Waals surface area contributed by atoms with Crippen molar-refractivity contribution in [2.24, 2.45) is 0 Å². The van der Waals surface area contributed by atoms with Gasteiger partial charge in [-0.2, -0.15) is 0 Å². The van der Waals surface area contributed by atoms with Crippen molar-refractivity contribution in [2.75, 3.05) is 33.4 Å². The molecule has 0 saturated carbocycles. The molecular weight excluding hydrogens is 430 g/mol. The van der Waals surface area contributed by atoms with Gasteiger partial charge in [0.1, 0.15) is 23.9 Å². The van der Waals surface area contributed by atoms with E-state index in [0.717, 1.165) is 35.8 Å². The van der Waals surface area contributed by atoms with E-state index in [4.69, 9.17) is 9.47 Å². The van der Waals surface area contributed by atoms with E-state index in [1.807, 2.05) is 18.2 Å². The summed E-state index contributed by atoms with van der Waals surface area (Å²) < 4.78 is 12.7. The number of phenols is 1. The monoisotopic (exact) mass is 459 g/mol. The number of hydrogen-bond donors (Lipinski definition) is 1. The Bertz CT molecular complexity index is 1210. The lowest BCUT2D eigenvalue weighted by atomic mass is 9.98. The van der Waals surface area contributed by atoms with Crippen molar-refractivity contribution in [3.63, 3.8) is 0 Å². The highest BCUT2D eigenvalue weighted by Gasteiger charge is 2.17. The molecule has 4 aromatic rings. The second-order valence-corrected chi connectivity index (χ2v) is 9.54. The number of phenolic OH excluding ortho intramolecular Hbond substituents is 1. The van der Waals surface area contributed by atoms with E-state index in [1.54, 1.807) is 30.6 Å². The summed E-state index contributed by atoms with van der Waals surface area (Å²) in [6, 6.07) is 22.1. The Morgan fingerprint density at radius 2 is 1.55 bits per heavy atom. The molecule has 4 nitrogen and oxygen atoms in total. The highest BCUT2D eigenvalue weighted by atomic mass is 32.1. The quantitative estimate of drug-likeness (QED) is 0.329. The fourth-order valence-corrected chi connectivity index (χ4v) is 5.76. The topological polar surface area (TPSA) is 41.9 Å². The first kappa shape index (κ1) is 21.8. The lowest BCUT2D eigenvalue weighted by Gasteiger charge is -2.26. The van der Waals surface area contributed by atoms with Gasteiger partial charge in [-0.05, 0) is 91.7 Å². The smallest absolute Gasteiger partial charge is 0.120 e. The lowest BCUT2D eigenvalue weighted by molar-refractivity contribution is 0.183. The molecule has 1 aliphatic rings. The molecule has 0 spiro atoms. The lowest BCUT2D eigenvalue weighted by Crippen LogP contribution is -2.33. The number of rotatable bonds is 7. The van der Waals surface area contributed by atoms with Crippen LogP contribution in [-0.4, -0.2) is 43.4 Å². The van der Waals surface area contributed by atoms with Crippen molar-refractivity contribution in [1.82, 2.24) is 4.90 Å². The maximum Gasteiger partial charge on any atom is 0.120 e. The summed E-state index contributed by atoms with van der Waals surface area (Å²) in [6.45, 7) is 4.10. The SMILES string of the molecule is COc1ccc2c(-c3ccc(OCCN4CCCCC4)cc3)c(-c3ccc(O)cc3)sc2c1. The van der Waals surface area contributed by atoms with Crippen LogP contribution < -0.4 is 9.47 Å². The average molecular weight is 460 g/mol. The van der Waals surface area contributed by atoms with Gasteiger partial charge in [0.25, 0.3) is 0 Å². The molecule has 1 aliphatic heterocycles. The molecule has 1 saturated heterocycles. The zero-order valence-electron chi connectivity index (χ0n) is 18.9. The Hall–Kier alpha value is -3.02. The van der Waals surface area contributed by atoms with Crippen LogP contribution in [0.4, 0.5) is 0 Å². The first-order valence-electron chi connectivity index (χ1n) is 11.6. The van der Waals surface area contributed by atoms with Gasteiger partial charge in [0.2, 0.25) is 0 Å². The minimum atomic E-state index is 0.272. The van der Waals surface area contributed by atoms with Gasteiger partial charge in [-0.25, -0.2) is 0 Å². The number of likely N-dealkylation sites (tertiary alicyclic amines) is 1. The van der Waals surface area contributed by atoms with Crippen molar-refractivity contribution in [3.05, 3.63) is 66.7 Å². The van der Waals surface area contributed by atoms with Gasteiger partial charge in [-0.15, -0.1) is 11.3 Å². The second kappa shape index (κ2) is 9.86. The van der Waals surface area contributed by atoms with E-state index in [1.165, 1.54) is 52.9 Å². The van der Waals surface area contributed by atoms with Gasteiger partial charge < -0.3 is 14.6 Å². The molecule has 170 valence electrons. The average Bonchev–Trinajstić information content (AvgIpc) is 3.24. The Morgan fingerprint density at radius 3 is 2.27 bits per heavy atom. The van der Waals surface area contributed by atoms with Gasteiger partial charge >= 0.3 is 0 Å². The third kappa shape index (κ3) is 4.85. The van der Waals surface area contributed by atoms with Gasteiger partial charge in [0, 0.05) is 27.1 Å². The van der Waals surface area contributed by atoms with E-state index in [-0.39, 0.29) is 5.75 Å². The van der Waals surface area contributed by atoms with Crippen molar-refractivity contribution in [2.45, 2.75) is 19.3 Å². The van der Waals surface area contributed by atoms with Crippen LogP contribution in [0.3, 0.4) is 0 Å². The van der Waals surface area contributed by atoms with E-state index in [0.29, 0.717) is 0 Å². The summed E-state index contributed by atoms with van der Waals surface area (Å²) in [5.41, 5.74) is 3.44. The number of ether oxygens (including phenoxy) is 2. The summed E-state index contributed by atoms with van der Waals surface area (Å²) in [5.74, 6) is 2.03. The predicted octanol–water partition coefficient (Wildman–Crippen LogP) is 6.81. The van der Waals surface area contributed by atoms with Gasteiger partial charge in [-0.3, -0.25) is 4.90 Å². The first-order chi connectivity index (χ1) is 16.2. The third-order valence-electron chi connectivity index (χ3n) is 6.29. The molecular formula is C28H29NO3S. The standard InChI is InChI=1S/C28H29NO3S/c1-31-24-13-14-25-26(19-24)33-28(21-5-9-22(30)10-6-21)27(25)20-7-11-23(12-8-20)32-18-17-29-15-3-2-4-16-29/h5-14,19,30H,2-4,15-18H2,1H3. The molecule has 0 radical (unpaired) electrons. The molecule has 1 aromatic heterocycles. The molecule has 5 rings (SSSR count). The Labute approximate surface area is 199 Å². The molecule has 33 heavy (non-hydrogen) atoms. The van der Waals surface area contributed by atoms with Gasteiger partial charge in [0.15, 0.2) is 0 Å². The number of hydrogen-bond acceptors (Lipinski definition) is 5. The number of piperidine rings is 1. The number of nitrogens with zero attached hydrogens (tertiary/aromatic N) is 1. The summed E-state index contributed by atoms with van der Waals surface area (Å²) in [7, 11) is 1.70. The largest absolute Gasteiger partial charge is 0.508 e. The van der Waals surface area contributed by atoms with E-state index >= 15 is 0 Å². The first-order valence-corrected chi connectivity index (χ1v) is 12.4. The van der Waals surface area contributed by atoms with Crippen LogP contribution in [0.5, 0.6) is 17.2 Å². The van der Waals surface area contributed by atoms with Crippen molar-refractivity contribution >= 4 is 21.4 Å². The van der Waals surface area contributed by atoms with Crippen LogP contribution in [0.2, 0.25) is 0 Å². The van der Waals surface area contributed by atoms with Gasteiger partial charge in [0.05, 0.1) is 7.11 Å². The highest BCUT2D eigenvalue weighted by molar-refractivity contribution is 7.23. The van der Waals surface area contributed by atoms with Crippen LogP contribution in [0.25, 0.3) is 31.7 Å².